The molecular formula is C35H33FN2O5. The van der Waals surface area contributed by atoms with Crippen molar-refractivity contribution in [3.63, 3.8) is 0 Å². The number of rotatable bonds is 8. The van der Waals surface area contributed by atoms with E-state index >= 15 is 0 Å². The number of ether oxygens (including phenoxy) is 3. The van der Waals surface area contributed by atoms with Gasteiger partial charge in [-0.05, 0) is 66.9 Å². The highest BCUT2D eigenvalue weighted by atomic mass is 19.1. The normalized spacial score (nSPS) is 25.4. The molecular weight excluding hydrogens is 547 g/mol. The van der Waals surface area contributed by atoms with Gasteiger partial charge in [0.05, 0.1) is 12.1 Å². The van der Waals surface area contributed by atoms with Gasteiger partial charge < -0.3 is 19.1 Å². The number of hydrogen-bond acceptors (Lipinski definition) is 5. The number of hydrogen-bond donors (Lipinski definition) is 0. The van der Waals surface area contributed by atoms with E-state index in [9.17, 15) is 14.0 Å². The van der Waals surface area contributed by atoms with E-state index in [1.807, 2.05) is 91.9 Å². The number of benzene rings is 4. The van der Waals surface area contributed by atoms with E-state index in [-0.39, 0.29) is 17.9 Å². The summed E-state index contributed by atoms with van der Waals surface area (Å²) in [7, 11) is 1.71. The van der Waals surface area contributed by atoms with Crippen molar-refractivity contribution >= 4 is 17.5 Å². The fraction of sp³-hybridized carbons (Fsp3) is 0.257. The maximum absolute atomic E-state index is 13.8. The molecule has 0 saturated carbocycles. The van der Waals surface area contributed by atoms with Crippen molar-refractivity contribution in [3.05, 3.63) is 132 Å². The Morgan fingerprint density at radius 1 is 0.837 bits per heavy atom. The van der Waals surface area contributed by atoms with Gasteiger partial charge in [-0.3, -0.25) is 14.5 Å². The maximum atomic E-state index is 13.8. The van der Waals surface area contributed by atoms with E-state index in [0.717, 1.165) is 16.7 Å². The molecule has 43 heavy (non-hydrogen) atoms. The zero-order valence-electron chi connectivity index (χ0n) is 24.2. The molecule has 0 unspecified atom stereocenters. The van der Waals surface area contributed by atoms with Crippen LogP contribution in [0.15, 0.2) is 109 Å². The molecule has 2 aliphatic rings. The van der Waals surface area contributed by atoms with Crippen LogP contribution in [0.4, 0.5) is 10.1 Å². The molecule has 0 N–H and O–H groups in total. The Morgan fingerprint density at radius 3 is 2.12 bits per heavy atom. The average Bonchev–Trinajstić information content (AvgIpc) is 3.04. The highest BCUT2D eigenvalue weighted by Gasteiger charge is 2.57. The lowest BCUT2D eigenvalue weighted by Gasteiger charge is -2.52. The lowest BCUT2D eigenvalue weighted by Crippen LogP contribution is -2.67. The lowest BCUT2D eigenvalue weighted by atomic mass is 9.89. The molecule has 0 radical (unpaired) electrons. The van der Waals surface area contributed by atoms with Gasteiger partial charge in [0.25, 0.3) is 11.8 Å². The van der Waals surface area contributed by atoms with Crippen LogP contribution in [0, 0.1) is 5.82 Å². The van der Waals surface area contributed by atoms with Crippen LogP contribution in [0.25, 0.3) is 0 Å². The van der Waals surface area contributed by atoms with Gasteiger partial charge in [-0.2, -0.15) is 0 Å². The topological polar surface area (TPSA) is 68.3 Å². The second kappa shape index (κ2) is 11.6. The van der Waals surface area contributed by atoms with Crippen molar-refractivity contribution in [2.75, 3.05) is 11.9 Å². The summed E-state index contributed by atoms with van der Waals surface area (Å²) in [4.78, 5) is 30.4. The highest BCUT2D eigenvalue weighted by Crippen LogP contribution is 2.45. The van der Waals surface area contributed by atoms with Crippen LogP contribution in [0.5, 0.6) is 5.75 Å². The Kier molecular flexibility index (Phi) is 7.73. The van der Waals surface area contributed by atoms with E-state index in [1.54, 1.807) is 35.9 Å². The fourth-order valence-electron chi connectivity index (χ4n) is 5.70. The molecule has 4 aromatic carbocycles. The third kappa shape index (κ3) is 5.51. The molecule has 220 valence electrons. The van der Waals surface area contributed by atoms with Crippen LogP contribution in [0.2, 0.25) is 0 Å². The molecule has 0 spiro atoms. The SMILES string of the molecule is C[C@@H]1[C@H](c2ccccc2)O[C@@](C)(O[C@H]2C(=O)N(c3ccc(F)cc3)[C@H]2c2ccc(OCc3ccccc3)cc2)C(=O)N1C. The first-order chi connectivity index (χ1) is 20.7. The summed E-state index contributed by atoms with van der Waals surface area (Å²) < 4.78 is 32.5. The molecule has 2 amide bonds. The van der Waals surface area contributed by atoms with Crippen LogP contribution < -0.4 is 9.64 Å². The van der Waals surface area contributed by atoms with Crippen LogP contribution in [0.1, 0.15) is 42.7 Å². The first-order valence-electron chi connectivity index (χ1n) is 14.3. The van der Waals surface area contributed by atoms with Crippen LogP contribution in [-0.2, 0) is 25.7 Å². The number of likely N-dealkylation sites (N-methyl/N-ethyl adjacent to an activating group) is 1. The summed E-state index contributed by atoms with van der Waals surface area (Å²) in [6, 6.07) is 31.8. The maximum Gasteiger partial charge on any atom is 0.282 e. The summed E-state index contributed by atoms with van der Waals surface area (Å²) in [5.74, 6) is -2.17. The van der Waals surface area contributed by atoms with Crippen LogP contribution >= 0.6 is 0 Å². The van der Waals surface area contributed by atoms with Crippen LogP contribution in [0.3, 0.4) is 0 Å². The van der Waals surface area contributed by atoms with E-state index < -0.39 is 29.9 Å². The second-order valence-electron chi connectivity index (χ2n) is 11.1. The Balaban J connectivity index is 1.28. The van der Waals surface area contributed by atoms with Crippen molar-refractivity contribution in [1.29, 1.82) is 0 Å². The second-order valence-corrected chi connectivity index (χ2v) is 11.1. The molecule has 2 heterocycles. The van der Waals surface area contributed by atoms with Crippen LogP contribution in [-0.4, -0.2) is 41.7 Å². The third-order valence-corrected chi connectivity index (χ3v) is 8.21. The standard InChI is InChI=1S/C35H33FN2O5/c1-23-31(26-12-8-5-9-13-26)42-35(2,34(40)37(23)3)43-32-30(38(33(32)39)28-18-16-27(36)17-19-28)25-14-20-29(21-15-25)41-22-24-10-6-4-7-11-24/h4-21,23,30-32H,22H2,1-3H3/t23-,30+,31-,32-,35+/m1/s1. The molecule has 0 aromatic heterocycles. The zero-order valence-corrected chi connectivity index (χ0v) is 24.2. The smallest absolute Gasteiger partial charge is 0.282 e. The van der Waals surface area contributed by atoms with Gasteiger partial charge in [-0.25, -0.2) is 4.39 Å². The summed E-state index contributed by atoms with van der Waals surface area (Å²) in [5, 5.41) is 0. The number of anilines is 1. The largest absolute Gasteiger partial charge is 0.489 e. The quantitative estimate of drug-likeness (QED) is 0.232. The summed E-state index contributed by atoms with van der Waals surface area (Å²) in [6.07, 6.45) is -1.48. The molecule has 2 fully saturated rings. The molecule has 4 aromatic rings. The van der Waals surface area contributed by atoms with Gasteiger partial charge >= 0.3 is 0 Å². The molecule has 6 rings (SSSR count). The molecule has 8 heteroatoms. The minimum Gasteiger partial charge on any atom is -0.489 e. The van der Waals surface area contributed by atoms with Crippen molar-refractivity contribution in [2.45, 2.75) is 50.5 Å². The summed E-state index contributed by atoms with van der Waals surface area (Å²) >= 11 is 0. The predicted molar refractivity (Wildman–Crippen MR) is 160 cm³/mol. The minimum atomic E-state index is -1.71. The summed E-state index contributed by atoms with van der Waals surface area (Å²) in [5.41, 5.74) is 3.24. The number of halogens is 1. The molecule has 7 nitrogen and oxygen atoms in total. The van der Waals surface area contributed by atoms with E-state index in [4.69, 9.17) is 14.2 Å². The number of carbonyl (C=O) groups excluding carboxylic acids is 2. The van der Waals surface area contributed by atoms with Crippen molar-refractivity contribution < 1.29 is 28.2 Å². The monoisotopic (exact) mass is 580 g/mol. The molecule has 5 atom stereocenters. The highest BCUT2D eigenvalue weighted by molar-refractivity contribution is 6.05. The van der Waals surface area contributed by atoms with E-state index in [1.165, 1.54) is 12.1 Å². The van der Waals surface area contributed by atoms with Gasteiger partial charge in [0.2, 0.25) is 5.79 Å². The Bertz CT molecular complexity index is 1580. The Labute approximate surface area is 250 Å². The number of carbonyl (C=O) groups is 2. The first-order valence-corrected chi connectivity index (χ1v) is 14.3. The summed E-state index contributed by atoms with van der Waals surface area (Å²) in [6.45, 7) is 3.91. The lowest BCUT2D eigenvalue weighted by molar-refractivity contribution is -0.290. The Morgan fingerprint density at radius 2 is 1.47 bits per heavy atom. The number of amides is 2. The zero-order chi connectivity index (χ0) is 30.1. The molecule has 2 aliphatic heterocycles. The predicted octanol–water partition coefficient (Wildman–Crippen LogP) is 6.21. The molecule has 0 aliphatic carbocycles. The van der Waals surface area contributed by atoms with Gasteiger partial charge in [0.1, 0.15) is 24.3 Å². The average molecular weight is 581 g/mol. The molecule has 2 saturated heterocycles. The van der Waals surface area contributed by atoms with Crippen molar-refractivity contribution in [1.82, 2.24) is 4.90 Å². The van der Waals surface area contributed by atoms with Crippen molar-refractivity contribution in [2.24, 2.45) is 0 Å². The number of morpholine rings is 1. The fourth-order valence-corrected chi connectivity index (χ4v) is 5.70. The first kappa shape index (κ1) is 28.6. The van der Waals surface area contributed by atoms with Gasteiger partial charge in [-0.1, -0.05) is 72.8 Å². The Hall–Kier alpha value is -4.53. The van der Waals surface area contributed by atoms with Gasteiger partial charge in [0.15, 0.2) is 6.10 Å². The minimum absolute atomic E-state index is 0.251. The van der Waals surface area contributed by atoms with Gasteiger partial charge in [-0.15, -0.1) is 0 Å². The van der Waals surface area contributed by atoms with Crippen molar-refractivity contribution in [3.8, 4) is 5.75 Å². The number of nitrogens with zero attached hydrogens (tertiary/aromatic N) is 2. The van der Waals surface area contributed by atoms with E-state index in [0.29, 0.717) is 18.0 Å². The number of β-lactam (4-membered cyclic amide) rings is 1. The molecule has 0 bridgehead atoms. The third-order valence-electron chi connectivity index (χ3n) is 8.21. The van der Waals surface area contributed by atoms with Gasteiger partial charge in [0, 0.05) is 12.7 Å². The van der Waals surface area contributed by atoms with E-state index in [2.05, 4.69) is 0 Å².